The Bertz CT molecular complexity index is 1230. The molecule has 1 fully saturated rings. The minimum atomic E-state index is 0.00331. The van der Waals surface area contributed by atoms with Gasteiger partial charge in [-0.3, -0.25) is 4.79 Å². The fourth-order valence-electron chi connectivity index (χ4n) is 4.24. The van der Waals surface area contributed by atoms with Gasteiger partial charge in [0.25, 0.3) is 0 Å². The Labute approximate surface area is 196 Å². The third kappa shape index (κ3) is 4.71. The van der Waals surface area contributed by atoms with Crippen LogP contribution in [0.3, 0.4) is 0 Å². The number of hydrogen-bond donors (Lipinski definition) is 1. The van der Waals surface area contributed by atoms with Crippen LogP contribution in [0.4, 0.5) is 5.82 Å². The first kappa shape index (κ1) is 21.5. The molecule has 0 spiro atoms. The monoisotopic (exact) mass is 464 g/mol. The van der Waals surface area contributed by atoms with Gasteiger partial charge in [-0.25, -0.2) is 0 Å². The zero-order chi connectivity index (χ0) is 22.8. The van der Waals surface area contributed by atoms with E-state index in [2.05, 4.69) is 20.4 Å². The van der Waals surface area contributed by atoms with Crippen molar-refractivity contribution in [3.8, 4) is 11.4 Å². The summed E-state index contributed by atoms with van der Waals surface area (Å²) < 4.78 is 7.14. The maximum absolute atomic E-state index is 12.7. The first-order chi connectivity index (χ1) is 16.1. The molecular weight excluding hydrogens is 440 g/mol. The lowest BCUT2D eigenvalue weighted by Crippen LogP contribution is -2.44. The van der Waals surface area contributed by atoms with Crippen molar-refractivity contribution in [1.29, 1.82) is 0 Å². The highest BCUT2D eigenvalue weighted by molar-refractivity contribution is 6.30. The first-order valence-electron chi connectivity index (χ1n) is 11.1. The summed E-state index contributed by atoms with van der Waals surface area (Å²) in [5, 5.41) is 17.1. The highest BCUT2D eigenvalue weighted by Crippen LogP contribution is 2.25. The number of nitrogens with zero attached hydrogens (tertiary/aromatic N) is 5. The molecule has 0 aliphatic carbocycles. The second-order valence-corrected chi connectivity index (χ2v) is 8.88. The van der Waals surface area contributed by atoms with E-state index in [1.165, 1.54) is 0 Å². The predicted molar refractivity (Wildman–Crippen MR) is 126 cm³/mol. The van der Waals surface area contributed by atoms with Crippen molar-refractivity contribution in [2.75, 3.05) is 18.0 Å². The topological polar surface area (TPSA) is 88.6 Å². The van der Waals surface area contributed by atoms with Crippen LogP contribution in [0.5, 0.6) is 0 Å². The van der Waals surface area contributed by atoms with E-state index < -0.39 is 0 Å². The number of fused-ring (bicyclic) bond motifs is 1. The minimum Gasteiger partial charge on any atom is -0.469 e. The Morgan fingerprint density at radius 2 is 1.94 bits per heavy atom. The summed E-state index contributed by atoms with van der Waals surface area (Å²) in [6.45, 7) is 3.54. The van der Waals surface area contributed by atoms with Crippen LogP contribution in [0.25, 0.3) is 17.0 Å². The van der Waals surface area contributed by atoms with Gasteiger partial charge in [-0.2, -0.15) is 4.52 Å². The van der Waals surface area contributed by atoms with E-state index in [9.17, 15) is 4.79 Å². The number of nitrogens with one attached hydrogen (secondary N) is 1. The Hall–Kier alpha value is -3.39. The molecular formula is C24H25ClN6O2. The van der Waals surface area contributed by atoms with Gasteiger partial charge in [-0.15, -0.1) is 15.3 Å². The van der Waals surface area contributed by atoms with Crippen molar-refractivity contribution in [1.82, 2.24) is 25.1 Å². The molecule has 0 bridgehead atoms. The van der Waals surface area contributed by atoms with E-state index in [-0.39, 0.29) is 17.9 Å². The van der Waals surface area contributed by atoms with Gasteiger partial charge in [-0.1, -0.05) is 11.6 Å². The Morgan fingerprint density at radius 1 is 1.15 bits per heavy atom. The van der Waals surface area contributed by atoms with Gasteiger partial charge in [0.2, 0.25) is 5.91 Å². The molecule has 0 radical (unpaired) electrons. The third-order valence-corrected chi connectivity index (χ3v) is 6.27. The minimum absolute atomic E-state index is 0.00331. The number of piperidine rings is 1. The van der Waals surface area contributed by atoms with E-state index in [4.69, 9.17) is 21.1 Å². The number of halogens is 1. The van der Waals surface area contributed by atoms with Crippen LogP contribution < -0.4 is 10.2 Å². The second kappa shape index (κ2) is 9.23. The number of amides is 1. The maximum Gasteiger partial charge on any atom is 0.223 e. The Balaban J connectivity index is 1.23. The maximum atomic E-state index is 12.7. The predicted octanol–water partition coefficient (Wildman–Crippen LogP) is 4.00. The molecule has 3 aromatic heterocycles. The van der Waals surface area contributed by atoms with Crippen molar-refractivity contribution in [2.45, 2.75) is 32.2 Å². The van der Waals surface area contributed by atoms with E-state index in [0.29, 0.717) is 22.9 Å². The van der Waals surface area contributed by atoms with Crippen molar-refractivity contribution in [3.05, 3.63) is 65.6 Å². The van der Waals surface area contributed by atoms with Crippen LogP contribution in [-0.2, 0) is 11.2 Å². The summed E-state index contributed by atoms with van der Waals surface area (Å²) in [5.74, 6) is 2.52. The lowest BCUT2D eigenvalue weighted by molar-refractivity contribution is -0.126. The lowest BCUT2D eigenvalue weighted by Gasteiger charge is -2.32. The zero-order valence-corrected chi connectivity index (χ0v) is 19.1. The fourth-order valence-corrected chi connectivity index (χ4v) is 4.37. The molecule has 8 nitrogen and oxygen atoms in total. The highest BCUT2D eigenvalue weighted by Gasteiger charge is 2.27. The van der Waals surface area contributed by atoms with Crippen molar-refractivity contribution >= 4 is 29.0 Å². The lowest BCUT2D eigenvalue weighted by atomic mass is 9.95. The smallest absolute Gasteiger partial charge is 0.223 e. The number of rotatable bonds is 6. The van der Waals surface area contributed by atoms with Gasteiger partial charge in [0.15, 0.2) is 11.5 Å². The number of furan rings is 1. The molecule has 1 aliphatic rings. The van der Waals surface area contributed by atoms with Crippen LogP contribution in [0.2, 0.25) is 5.02 Å². The van der Waals surface area contributed by atoms with Gasteiger partial charge in [0, 0.05) is 42.1 Å². The average Bonchev–Trinajstić information content (AvgIpc) is 3.49. The van der Waals surface area contributed by atoms with Crippen molar-refractivity contribution in [3.63, 3.8) is 0 Å². The molecule has 0 saturated carbocycles. The summed E-state index contributed by atoms with van der Waals surface area (Å²) in [6, 6.07) is 15.2. The second-order valence-electron chi connectivity index (χ2n) is 8.45. The fraction of sp³-hybridized carbons (Fsp3) is 0.333. The molecule has 1 N–H and O–H groups in total. The Morgan fingerprint density at radius 3 is 2.67 bits per heavy atom. The standard InChI is InChI=1S/C24H25ClN6O2/c1-16(15-20-3-2-14-33-20)26-24(32)18-10-12-30(13-11-18)22-9-8-21-27-28-23(31(21)29-22)17-4-6-19(25)7-5-17/h2-9,14,16,18H,10-13,15H2,1H3,(H,26,32)/t16-/m1/s1. The van der Waals surface area contributed by atoms with Gasteiger partial charge >= 0.3 is 0 Å². The normalized spacial score (nSPS) is 15.6. The van der Waals surface area contributed by atoms with Crippen molar-refractivity contribution < 1.29 is 9.21 Å². The molecule has 0 unspecified atom stereocenters. The number of carbonyl (C=O) groups excluding carboxylic acids is 1. The van der Waals surface area contributed by atoms with E-state index in [0.717, 1.165) is 43.1 Å². The molecule has 1 aromatic carbocycles. The number of anilines is 1. The summed E-state index contributed by atoms with van der Waals surface area (Å²) in [5.41, 5.74) is 1.58. The molecule has 170 valence electrons. The highest BCUT2D eigenvalue weighted by atomic mass is 35.5. The molecule has 1 saturated heterocycles. The molecule has 33 heavy (non-hydrogen) atoms. The largest absolute Gasteiger partial charge is 0.469 e. The van der Waals surface area contributed by atoms with Crippen molar-refractivity contribution in [2.24, 2.45) is 5.92 Å². The van der Waals surface area contributed by atoms with Gasteiger partial charge in [0.05, 0.1) is 6.26 Å². The quantitative estimate of drug-likeness (QED) is 0.464. The van der Waals surface area contributed by atoms with E-state index in [1.54, 1.807) is 10.8 Å². The average molecular weight is 465 g/mol. The zero-order valence-electron chi connectivity index (χ0n) is 18.3. The van der Waals surface area contributed by atoms with Crippen LogP contribution in [0.1, 0.15) is 25.5 Å². The summed E-state index contributed by atoms with van der Waals surface area (Å²) >= 11 is 6.01. The van der Waals surface area contributed by atoms with Gasteiger partial charge in [-0.05, 0) is 68.3 Å². The van der Waals surface area contributed by atoms with Gasteiger partial charge in [0.1, 0.15) is 11.6 Å². The first-order valence-corrected chi connectivity index (χ1v) is 11.5. The molecule has 1 aliphatic heterocycles. The van der Waals surface area contributed by atoms with Gasteiger partial charge < -0.3 is 14.6 Å². The van der Waals surface area contributed by atoms with Crippen LogP contribution in [-0.4, -0.2) is 44.8 Å². The summed E-state index contributed by atoms with van der Waals surface area (Å²) in [7, 11) is 0. The number of hydrogen-bond acceptors (Lipinski definition) is 6. The van der Waals surface area contributed by atoms with Crippen LogP contribution >= 0.6 is 11.6 Å². The number of benzene rings is 1. The van der Waals surface area contributed by atoms with Crippen LogP contribution in [0, 0.1) is 5.92 Å². The number of aromatic nitrogens is 4. The molecule has 5 rings (SSSR count). The molecule has 9 heteroatoms. The molecule has 4 aromatic rings. The summed E-state index contributed by atoms with van der Waals surface area (Å²) in [4.78, 5) is 14.9. The molecule has 1 amide bonds. The molecule has 1 atom stereocenters. The van der Waals surface area contributed by atoms with E-state index >= 15 is 0 Å². The van der Waals surface area contributed by atoms with E-state index in [1.807, 2.05) is 55.5 Å². The number of carbonyl (C=O) groups is 1. The Kier molecular flexibility index (Phi) is 6.00. The van der Waals surface area contributed by atoms with Crippen LogP contribution in [0.15, 0.2) is 59.2 Å². The third-order valence-electron chi connectivity index (χ3n) is 6.02. The molecule has 4 heterocycles. The summed E-state index contributed by atoms with van der Waals surface area (Å²) in [6.07, 6.45) is 3.91. The SMILES string of the molecule is C[C@H](Cc1ccco1)NC(=O)C1CCN(c2ccc3nnc(-c4ccc(Cl)cc4)n3n2)CC1.